The number of ether oxygens (including phenoxy) is 1. The maximum atomic E-state index is 5.69. The summed E-state index contributed by atoms with van der Waals surface area (Å²) < 4.78 is 5.69. The van der Waals surface area contributed by atoms with E-state index >= 15 is 0 Å². The highest BCUT2D eigenvalue weighted by atomic mass is 16.5. The smallest absolute Gasteiger partial charge is 0.124 e. The molecule has 12 heavy (non-hydrogen) atoms. The van der Waals surface area contributed by atoms with Gasteiger partial charge in [0, 0.05) is 18.7 Å². The van der Waals surface area contributed by atoms with E-state index in [2.05, 4.69) is 18.3 Å². The Kier molecular flexibility index (Phi) is 2.00. The van der Waals surface area contributed by atoms with Gasteiger partial charge in [-0.25, -0.2) is 0 Å². The fourth-order valence-corrected chi connectivity index (χ4v) is 1.43. The lowest BCUT2D eigenvalue weighted by Gasteiger charge is -2.11. The summed E-state index contributed by atoms with van der Waals surface area (Å²) in [5.41, 5.74) is 1.25. The minimum absolute atomic E-state index is 0.272. The molecule has 2 heteroatoms. The normalized spacial score (nSPS) is 22.2. The van der Waals surface area contributed by atoms with Crippen molar-refractivity contribution in [1.82, 2.24) is 5.32 Å². The summed E-state index contributed by atoms with van der Waals surface area (Å²) in [5, 5.41) is 3.33. The fourth-order valence-electron chi connectivity index (χ4n) is 1.43. The zero-order valence-corrected chi connectivity index (χ0v) is 7.21. The van der Waals surface area contributed by atoms with Crippen LogP contribution in [0.4, 0.5) is 0 Å². The molecule has 0 amide bonds. The summed E-state index contributed by atoms with van der Waals surface area (Å²) in [7, 11) is 0. The molecule has 1 heterocycles. The first-order valence-corrected chi connectivity index (χ1v) is 4.31. The maximum Gasteiger partial charge on any atom is 0.124 e. The Morgan fingerprint density at radius 3 is 3.17 bits per heavy atom. The Balaban J connectivity index is 2.31. The van der Waals surface area contributed by atoms with Crippen LogP contribution in [0.5, 0.6) is 5.75 Å². The molecule has 0 saturated heterocycles. The summed E-state index contributed by atoms with van der Waals surface area (Å²) in [6.45, 7) is 3.92. The molecule has 1 N–H and O–H groups in total. The molecule has 0 spiro atoms. The lowest BCUT2D eigenvalue weighted by Crippen LogP contribution is -2.24. The van der Waals surface area contributed by atoms with Gasteiger partial charge < -0.3 is 10.1 Å². The summed E-state index contributed by atoms with van der Waals surface area (Å²) in [4.78, 5) is 0. The third kappa shape index (κ3) is 1.43. The minimum Gasteiger partial charge on any atom is -0.489 e. The van der Waals surface area contributed by atoms with Crippen LogP contribution in [0.3, 0.4) is 0 Å². The van der Waals surface area contributed by atoms with Gasteiger partial charge in [0.25, 0.3) is 0 Å². The SMILES string of the molecule is C[C@@H]1CNCc2ccccc2O1. The molecule has 0 unspecified atom stereocenters. The molecule has 0 saturated carbocycles. The predicted octanol–water partition coefficient (Wildman–Crippen LogP) is 1.56. The highest BCUT2D eigenvalue weighted by molar-refractivity contribution is 5.33. The van der Waals surface area contributed by atoms with Gasteiger partial charge in [0.15, 0.2) is 0 Å². The summed E-state index contributed by atoms with van der Waals surface area (Å²) in [6, 6.07) is 8.18. The largest absolute Gasteiger partial charge is 0.489 e. The third-order valence-electron chi connectivity index (χ3n) is 2.05. The van der Waals surface area contributed by atoms with Crippen molar-refractivity contribution < 1.29 is 4.74 Å². The van der Waals surface area contributed by atoms with Gasteiger partial charge in [0.2, 0.25) is 0 Å². The van der Waals surface area contributed by atoms with Crippen molar-refractivity contribution in [1.29, 1.82) is 0 Å². The predicted molar refractivity (Wildman–Crippen MR) is 48.2 cm³/mol. The molecule has 1 aromatic carbocycles. The van der Waals surface area contributed by atoms with E-state index in [1.165, 1.54) is 5.56 Å². The molecule has 0 radical (unpaired) electrons. The highest BCUT2D eigenvalue weighted by Crippen LogP contribution is 2.20. The van der Waals surface area contributed by atoms with Crippen molar-refractivity contribution >= 4 is 0 Å². The number of rotatable bonds is 0. The Morgan fingerprint density at radius 2 is 2.25 bits per heavy atom. The minimum atomic E-state index is 0.272. The monoisotopic (exact) mass is 163 g/mol. The van der Waals surface area contributed by atoms with E-state index in [4.69, 9.17) is 4.74 Å². The maximum absolute atomic E-state index is 5.69. The average Bonchev–Trinajstić information content (AvgIpc) is 2.25. The number of hydrogen-bond donors (Lipinski definition) is 1. The first kappa shape index (κ1) is 7.62. The van der Waals surface area contributed by atoms with Crippen LogP contribution in [-0.2, 0) is 6.54 Å². The Bertz CT molecular complexity index is 272. The van der Waals surface area contributed by atoms with Crippen LogP contribution in [0.1, 0.15) is 12.5 Å². The Labute approximate surface area is 72.5 Å². The number of nitrogens with one attached hydrogen (secondary N) is 1. The quantitative estimate of drug-likeness (QED) is 0.626. The number of benzene rings is 1. The van der Waals surface area contributed by atoms with E-state index in [0.717, 1.165) is 18.8 Å². The lowest BCUT2D eigenvalue weighted by atomic mass is 10.2. The van der Waals surface area contributed by atoms with Gasteiger partial charge >= 0.3 is 0 Å². The molecule has 1 atom stereocenters. The average molecular weight is 163 g/mol. The van der Waals surface area contributed by atoms with Gasteiger partial charge in [-0.2, -0.15) is 0 Å². The van der Waals surface area contributed by atoms with Crippen molar-refractivity contribution in [2.75, 3.05) is 6.54 Å². The van der Waals surface area contributed by atoms with Crippen LogP contribution in [0.15, 0.2) is 24.3 Å². The molecule has 1 aliphatic rings. The van der Waals surface area contributed by atoms with Crippen molar-refractivity contribution in [3.8, 4) is 5.75 Å². The van der Waals surface area contributed by atoms with Gasteiger partial charge in [-0.1, -0.05) is 18.2 Å². The van der Waals surface area contributed by atoms with Crippen molar-refractivity contribution in [2.45, 2.75) is 19.6 Å². The van der Waals surface area contributed by atoms with Gasteiger partial charge in [-0.05, 0) is 13.0 Å². The van der Waals surface area contributed by atoms with Crippen LogP contribution in [0.2, 0.25) is 0 Å². The molecule has 0 bridgehead atoms. The molecular formula is C10H13NO. The third-order valence-corrected chi connectivity index (χ3v) is 2.05. The molecule has 1 aliphatic heterocycles. The number of hydrogen-bond acceptors (Lipinski definition) is 2. The second-order valence-electron chi connectivity index (χ2n) is 3.17. The van der Waals surface area contributed by atoms with E-state index in [-0.39, 0.29) is 6.10 Å². The van der Waals surface area contributed by atoms with Crippen LogP contribution in [0, 0.1) is 0 Å². The van der Waals surface area contributed by atoms with E-state index in [0.29, 0.717) is 0 Å². The first-order chi connectivity index (χ1) is 5.86. The van der Waals surface area contributed by atoms with Crippen LogP contribution >= 0.6 is 0 Å². The van der Waals surface area contributed by atoms with Crippen LogP contribution in [-0.4, -0.2) is 12.6 Å². The van der Waals surface area contributed by atoms with Gasteiger partial charge in [0.05, 0.1) is 0 Å². The van der Waals surface area contributed by atoms with Crippen molar-refractivity contribution in [3.63, 3.8) is 0 Å². The second kappa shape index (κ2) is 3.15. The molecule has 0 fully saturated rings. The topological polar surface area (TPSA) is 21.3 Å². The van der Waals surface area contributed by atoms with Gasteiger partial charge in [-0.15, -0.1) is 0 Å². The Hall–Kier alpha value is -1.02. The molecular weight excluding hydrogens is 150 g/mol. The van der Waals surface area contributed by atoms with Crippen molar-refractivity contribution in [3.05, 3.63) is 29.8 Å². The zero-order chi connectivity index (χ0) is 8.39. The molecule has 0 aliphatic carbocycles. The van der Waals surface area contributed by atoms with Crippen LogP contribution in [0.25, 0.3) is 0 Å². The Morgan fingerprint density at radius 1 is 1.42 bits per heavy atom. The summed E-state index contributed by atoms with van der Waals surface area (Å²) in [5.74, 6) is 1.02. The van der Waals surface area contributed by atoms with E-state index in [1.807, 2.05) is 18.2 Å². The molecule has 2 nitrogen and oxygen atoms in total. The molecule has 1 aromatic rings. The van der Waals surface area contributed by atoms with E-state index < -0.39 is 0 Å². The fraction of sp³-hybridized carbons (Fsp3) is 0.400. The highest BCUT2D eigenvalue weighted by Gasteiger charge is 2.11. The number of para-hydroxylation sites is 1. The molecule has 2 rings (SSSR count). The lowest BCUT2D eigenvalue weighted by molar-refractivity contribution is 0.226. The standard InChI is InChI=1S/C10H13NO/c1-8-6-11-7-9-4-2-3-5-10(9)12-8/h2-5,8,11H,6-7H2,1H3/t8-/m1/s1. The molecule has 0 aromatic heterocycles. The molecule has 64 valence electrons. The summed E-state index contributed by atoms with van der Waals surface area (Å²) >= 11 is 0. The first-order valence-electron chi connectivity index (χ1n) is 4.31. The van der Waals surface area contributed by atoms with Gasteiger partial charge in [0.1, 0.15) is 11.9 Å². The van der Waals surface area contributed by atoms with E-state index in [1.54, 1.807) is 0 Å². The van der Waals surface area contributed by atoms with Crippen molar-refractivity contribution in [2.24, 2.45) is 0 Å². The zero-order valence-electron chi connectivity index (χ0n) is 7.21. The van der Waals surface area contributed by atoms with E-state index in [9.17, 15) is 0 Å². The van der Waals surface area contributed by atoms with Gasteiger partial charge in [-0.3, -0.25) is 0 Å². The van der Waals surface area contributed by atoms with Crippen LogP contribution < -0.4 is 10.1 Å². The second-order valence-corrected chi connectivity index (χ2v) is 3.17. The number of fused-ring (bicyclic) bond motifs is 1. The summed E-state index contributed by atoms with van der Waals surface area (Å²) in [6.07, 6.45) is 0.272.